The van der Waals surface area contributed by atoms with Crippen molar-refractivity contribution in [2.45, 2.75) is 39.8 Å². The number of amides is 2. The highest BCUT2D eigenvalue weighted by Crippen LogP contribution is 2.31. The Balaban J connectivity index is 2.48. The molecule has 1 atom stereocenters. The van der Waals surface area contributed by atoms with Crippen LogP contribution < -0.4 is 14.4 Å². The molecule has 0 fully saturated rings. The number of nitrogens with one attached hydrogen (secondary N) is 1. The molecule has 0 bridgehead atoms. The van der Waals surface area contributed by atoms with Crippen molar-refractivity contribution in [1.29, 1.82) is 0 Å². The molecule has 0 aliphatic carbocycles. The Morgan fingerprint density at radius 3 is 2.39 bits per heavy atom. The largest absolute Gasteiger partial charge is 0.497 e. The smallest absolute Gasteiger partial charge is 0.244 e. The maximum absolute atomic E-state index is 13.7. The van der Waals surface area contributed by atoms with Crippen molar-refractivity contribution in [3.8, 4) is 5.75 Å². The van der Waals surface area contributed by atoms with Gasteiger partial charge >= 0.3 is 0 Å². The number of rotatable bonds is 12. The van der Waals surface area contributed by atoms with Crippen molar-refractivity contribution in [3.05, 3.63) is 58.1 Å². The highest BCUT2D eigenvalue weighted by molar-refractivity contribution is 7.92. The molecule has 0 unspecified atom stereocenters. The van der Waals surface area contributed by atoms with Crippen molar-refractivity contribution >= 4 is 50.7 Å². The molecule has 0 radical (unpaired) electrons. The fraction of sp³-hybridized carbons (Fsp3) is 0.440. The van der Waals surface area contributed by atoms with E-state index in [1.165, 1.54) is 30.2 Å². The number of nitrogens with zero attached hydrogens (tertiary/aromatic N) is 2. The van der Waals surface area contributed by atoms with Gasteiger partial charge in [-0.2, -0.15) is 0 Å². The number of carbonyl (C=O) groups is 2. The second-order valence-electron chi connectivity index (χ2n) is 8.80. The molecule has 198 valence electrons. The Hall–Kier alpha value is -2.49. The summed E-state index contributed by atoms with van der Waals surface area (Å²) in [5.74, 6) is -0.0552. The van der Waals surface area contributed by atoms with Crippen molar-refractivity contribution < 1.29 is 22.7 Å². The number of methoxy groups -OCH3 is 1. The quantitative estimate of drug-likeness (QED) is 0.418. The molecule has 0 saturated carbocycles. The zero-order chi connectivity index (χ0) is 27.0. The Kier molecular flexibility index (Phi) is 10.9. The summed E-state index contributed by atoms with van der Waals surface area (Å²) in [6.45, 7) is 5.71. The number of carbonyl (C=O) groups excluding carboxylic acids is 2. The predicted molar refractivity (Wildman–Crippen MR) is 144 cm³/mol. The van der Waals surface area contributed by atoms with Gasteiger partial charge in [-0.1, -0.05) is 56.1 Å². The van der Waals surface area contributed by atoms with Gasteiger partial charge in [0.25, 0.3) is 0 Å². The van der Waals surface area contributed by atoms with Gasteiger partial charge in [0.05, 0.1) is 24.1 Å². The normalized spacial score (nSPS) is 12.2. The van der Waals surface area contributed by atoms with Gasteiger partial charge in [-0.05, 0) is 48.2 Å². The molecule has 2 aromatic carbocycles. The van der Waals surface area contributed by atoms with E-state index in [2.05, 4.69) is 5.32 Å². The van der Waals surface area contributed by atoms with Crippen LogP contribution in [-0.2, 0) is 26.2 Å². The van der Waals surface area contributed by atoms with Crippen molar-refractivity contribution in [2.24, 2.45) is 5.92 Å². The molecule has 2 amide bonds. The molecule has 0 saturated heterocycles. The van der Waals surface area contributed by atoms with Crippen LogP contribution in [0, 0.1) is 5.92 Å². The first-order valence-corrected chi connectivity index (χ1v) is 14.1. The molecular weight excluding hydrogens is 525 g/mol. The molecule has 1 N–H and O–H groups in total. The monoisotopic (exact) mass is 557 g/mol. The number of hydrogen-bond donors (Lipinski definition) is 1. The van der Waals surface area contributed by atoms with Gasteiger partial charge in [0, 0.05) is 18.1 Å². The average Bonchev–Trinajstić information content (AvgIpc) is 2.82. The SMILES string of the molecule is CC[C@H](C(=O)NCC(C)C)N(Cc1cccc(OC)c1)C(=O)CN(c1cc(Cl)ccc1Cl)S(C)(=O)=O. The Morgan fingerprint density at radius 2 is 1.81 bits per heavy atom. The van der Waals surface area contributed by atoms with Gasteiger partial charge < -0.3 is 15.0 Å². The molecule has 2 aromatic rings. The number of benzene rings is 2. The second-order valence-corrected chi connectivity index (χ2v) is 11.6. The summed E-state index contributed by atoms with van der Waals surface area (Å²) in [7, 11) is -2.38. The zero-order valence-electron chi connectivity index (χ0n) is 21.1. The molecule has 0 aromatic heterocycles. The number of halogens is 2. The molecule has 0 spiro atoms. The van der Waals surface area contributed by atoms with E-state index in [4.69, 9.17) is 27.9 Å². The first-order chi connectivity index (χ1) is 16.9. The third-order valence-electron chi connectivity index (χ3n) is 5.41. The minimum Gasteiger partial charge on any atom is -0.497 e. The highest BCUT2D eigenvalue weighted by atomic mass is 35.5. The van der Waals surface area contributed by atoms with Crippen molar-refractivity contribution in [3.63, 3.8) is 0 Å². The minimum absolute atomic E-state index is 0.0739. The summed E-state index contributed by atoms with van der Waals surface area (Å²) in [6, 6.07) is 10.7. The van der Waals surface area contributed by atoms with Gasteiger partial charge in [-0.3, -0.25) is 13.9 Å². The van der Waals surface area contributed by atoms with Gasteiger partial charge in [-0.15, -0.1) is 0 Å². The molecular formula is C25H33Cl2N3O5S. The van der Waals surface area contributed by atoms with Crippen LogP contribution in [-0.4, -0.2) is 57.6 Å². The van der Waals surface area contributed by atoms with Crippen LogP contribution in [0.15, 0.2) is 42.5 Å². The number of sulfonamides is 1. The highest BCUT2D eigenvalue weighted by Gasteiger charge is 2.32. The molecule has 8 nitrogen and oxygen atoms in total. The van der Waals surface area contributed by atoms with Gasteiger partial charge in [-0.25, -0.2) is 8.42 Å². The van der Waals surface area contributed by atoms with Crippen LogP contribution in [0.1, 0.15) is 32.8 Å². The molecule has 2 rings (SSSR count). The lowest BCUT2D eigenvalue weighted by Gasteiger charge is -2.33. The Bertz CT molecular complexity index is 1170. The summed E-state index contributed by atoms with van der Waals surface area (Å²) < 4.78 is 31.6. The fourth-order valence-electron chi connectivity index (χ4n) is 3.58. The lowest BCUT2D eigenvalue weighted by atomic mass is 10.1. The van der Waals surface area contributed by atoms with Gasteiger partial charge in [0.2, 0.25) is 21.8 Å². The molecule has 0 aliphatic rings. The summed E-state index contributed by atoms with van der Waals surface area (Å²) in [6.07, 6.45) is 1.31. The van der Waals surface area contributed by atoms with Crippen molar-refractivity contribution in [1.82, 2.24) is 10.2 Å². The van der Waals surface area contributed by atoms with E-state index in [-0.39, 0.29) is 34.1 Å². The van der Waals surface area contributed by atoms with Gasteiger partial charge in [0.15, 0.2) is 0 Å². The van der Waals surface area contributed by atoms with Crippen LogP contribution in [0.25, 0.3) is 0 Å². The molecule has 0 aliphatic heterocycles. The van der Waals surface area contributed by atoms with E-state index in [0.29, 0.717) is 18.7 Å². The Labute approximate surface area is 223 Å². The lowest BCUT2D eigenvalue weighted by molar-refractivity contribution is -0.140. The first-order valence-electron chi connectivity index (χ1n) is 11.5. The molecule has 0 heterocycles. The zero-order valence-corrected chi connectivity index (χ0v) is 23.5. The van der Waals surface area contributed by atoms with Crippen LogP contribution in [0.4, 0.5) is 5.69 Å². The minimum atomic E-state index is -3.92. The molecule has 36 heavy (non-hydrogen) atoms. The summed E-state index contributed by atoms with van der Waals surface area (Å²) >= 11 is 12.3. The first kappa shape index (κ1) is 29.7. The predicted octanol–water partition coefficient (Wildman–Crippen LogP) is 4.35. The van der Waals surface area contributed by atoms with E-state index in [1.807, 2.05) is 19.9 Å². The maximum atomic E-state index is 13.7. The number of hydrogen-bond acceptors (Lipinski definition) is 5. The van der Waals surface area contributed by atoms with Crippen LogP contribution in [0.5, 0.6) is 5.75 Å². The topological polar surface area (TPSA) is 96.0 Å². The molecule has 11 heteroatoms. The van der Waals surface area contributed by atoms with Crippen LogP contribution >= 0.6 is 23.2 Å². The van der Waals surface area contributed by atoms with E-state index in [0.717, 1.165) is 16.1 Å². The summed E-state index contributed by atoms with van der Waals surface area (Å²) in [5, 5.41) is 3.27. The summed E-state index contributed by atoms with van der Waals surface area (Å²) in [5.41, 5.74) is 0.808. The van der Waals surface area contributed by atoms with Gasteiger partial charge in [0.1, 0.15) is 18.3 Å². The standard InChI is InChI=1S/C25H33Cl2N3O5S/c1-6-22(25(32)28-14-17(2)3)29(15-18-8-7-9-20(12-18)35-4)24(31)16-30(36(5,33)34)23-13-19(26)10-11-21(23)27/h7-13,17,22H,6,14-16H2,1-5H3,(H,28,32)/t22-/m1/s1. The number of ether oxygens (including phenoxy) is 1. The maximum Gasteiger partial charge on any atom is 0.244 e. The third kappa shape index (κ3) is 8.28. The lowest BCUT2D eigenvalue weighted by Crippen LogP contribution is -2.52. The van der Waals surface area contributed by atoms with E-state index >= 15 is 0 Å². The van der Waals surface area contributed by atoms with Crippen LogP contribution in [0.2, 0.25) is 10.0 Å². The van der Waals surface area contributed by atoms with E-state index < -0.39 is 28.5 Å². The number of anilines is 1. The average molecular weight is 559 g/mol. The van der Waals surface area contributed by atoms with E-state index in [9.17, 15) is 18.0 Å². The van der Waals surface area contributed by atoms with E-state index in [1.54, 1.807) is 25.1 Å². The van der Waals surface area contributed by atoms with Crippen molar-refractivity contribution in [2.75, 3.05) is 30.8 Å². The fourth-order valence-corrected chi connectivity index (χ4v) is 4.87. The third-order valence-corrected chi connectivity index (χ3v) is 7.09. The van der Waals surface area contributed by atoms with Crippen LogP contribution in [0.3, 0.4) is 0 Å². The second kappa shape index (κ2) is 13.2. The Morgan fingerprint density at radius 1 is 1.11 bits per heavy atom. The summed E-state index contributed by atoms with van der Waals surface area (Å²) in [4.78, 5) is 28.2.